The predicted molar refractivity (Wildman–Crippen MR) is 123 cm³/mol. The van der Waals surface area contributed by atoms with Crippen LogP contribution in [0, 0.1) is 5.82 Å². The maximum atomic E-state index is 13.1. The molecule has 2 aromatic rings. The van der Waals surface area contributed by atoms with Crippen LogP contribution in [0.2, 0.25) is 0 Å². The fourth-order valence-corrected chi connectivity index (χ4v) is 3.01. The predicted octanol–water partition coefficient (Wildman–Crippen LogP) is 2.50. The smallest absolute Gasteiger partial charge is 0.218 e. The van der Waals surface area contributed by atoms with E-state index in [1.807, 2.05) is 12.1 Å². The number of aromatic nitrogens is 1. The molecule has 0 spiro atoms. The van der Waals surface area contributed by atoms with Crippen LogP contribution in [0.5, 0.6) is 5.88 Å². The molecule has 1 aromatic heterocycles. The van der Waals surface area contributed by atoms with E-state index >= 15 is 0 Å². The molecule has 3 rings (SSSR count). The molecule has 7 nitrogen and oxygen atoms in total. The van der Waals surface area contributed by atoms with E-state index in [1.54, 1.807) is 25.4 Å². The molecule has 0 atom stereocenters. The van der Waals surface area contributed by atoms with Gasteiger partial charge < -0.3 is 25.0 Å². The fourth-order valence-electron chi connectivity index (χ4n) is 3.01. The Labute approximate surface area is 187 Å². The Bertz CT molecular complexity index is 783. The van der Waals surface area contributed by atoms with Gasteiger partial charge in [-0.05, 0) is 30.3 Å². The first-order chi connectivity index (χ1) is 13.7. The summed E-state index contributed by atoms with van der Waals surface area (Å²) in [5, 5.41) is 0. The van der Waals surface area contributed by atoms with E-state index in [2.05, 4.69) is 19.8 Å². The molecule has 1 fully saturated rings. The van der Waals surface area contributed by atoms with E-state index in [0.29, 0.717) is 31.6 Å². The molecule has 0 amide bonds. The largest absolute Gasteiger partial charge is 0.475 e. The Morgan fingerprint density at radius 3 is 2.55 bits per heavy atom. The zero-order chi connectivity index (χ0) is 19.8. The first-order valence-electron chi connectivity index (χ1n) is 9.28. The Morgan fingerprint density at radius 2 is 1.86 bits per heavy atom. The van der Waals surface area contributed by atoms with Gasteiger partial charge in [0.2, 0.25) is 5.88 Å². The summed E-state index contributed by atoms with van der Waals surface area (Å²) in [7, 11) is 1.63. The van der Waals surface area contributed by atoms with Crippen LogP contribution >= 0.6 is 24.0 Å². The Balaban J connectivity index is 0.00000300. The van der Waals surface area contributed by atoms with Crippen LogP contribution in [0.4, 0.5) is 10.1 Å². The quantitative estimate of drug-likeness (QED) is 0.265. The lowest BCUT2D eigenvalue weighted by Crippen LogP contribution is -2.51. The SMILES string of the molecule is COCCOc1ncccc1CN=C(N)N1CCN(c2ccc(F)cc2)CC1.I. The maximum absolute atomic E-state index is 13.1. The van der Waals surface area contributed by atoms with Gasteiger partial charge in [0.25, 0.3) is 0 Å². The molecular formula is C20H27FIN5O2. The second-order valence-corrected chi connectivity index (χ2v) is 6.43. The lowest BCUT2D eigenvalue weighted by Gasteiger charge is -2.36. The van der Waals surface area contributed by atoms with Crippen molar-refractivity contribution in [3.8, 4) is 5.88 Å². The van der Waals surface area contributed by atoms with Crippen LogP contribution in [0.25, 0.3) is 0 Å². The monoisotopic (exact) mass is 515 g/mol. The van der Waals surface area contributed by atoms with Gasteiger partial charge in [-0.1, -0.05) is 6.07 Å². The van der Waals surface area contributed by atoms with Gasteiger partial charge in [-0.3, -0.25) is 0 Å². The molecule has 1 saturated heterocycles. The molecule has 0 aliphatic carbocycles. The molecule has 0 unspecified atom stereocenters. The van der Waals surface area contributed by atoms with Crippen LogP contribution in [0.3, 0.4) is 0 Å². The van der Waals surface area contributed by atoms with E-state index in [4.69, 9.17) is 15.2 Å². The second kappa shape index (κ2) is 11.8. The van der Waals surface area contributed by atoms with Crippen molar-refractivity contribution in [3.63, 3.8) is 0 Å². The number of benzene rings is 1. The molecule has 29 heavy (non-hydrogen) atoms. The molecular weight excluding hydrogens is 488 g/mol. The fraction of sp³-hybridized carbons (Fsp3) is 0.400. The minimum Gasteiger partial charge on any atom is -0.475 e. The molecule has 9 heteroatoms. The lowest BCUT2D eigenvalue weighted by molar-refractivity contribution is 0.143. The summed E-state index contributed by atoms with van der Waals surface area (Å²) in [5.74, 6) is 0.836. The molecule has 0 saturated carbocycles. The minimum absolute atomic E-state index is 0. The van der Waals surface area contributed by atoms with Gasteiger partial charge in [-0.2, -0.15) is 0 Å². The van der Waals surface area contributed by atoms with E-state index in [-0.39, 0.29) is 29.8 Å². The average Bonchev–Trinajstić information content (AvgIpc) is 2.74. The number of halogens is 2. The summed E-state index contributed by atoms with van der Waals surface area (Å²) < 4.78 is 23.7. The molecule has 1 aromatic carbocycles. The summed E-state index contributed by atoms with van der Waals surface area (Å²) >= 11 is 0. The zero-order valence-electron chi connectivity index (χ0n) is 16.5. The first-order valence-corrected chi connectivity index (χ1v) is 9.28. The van der Waals surface area contributed by atoms with E-state index in [9.17, 15) is 4.39 Å². The number of hydrogen-bond acceptors (Lipinski definition) is 5. The van der Waals surface area contributed by atoms with Crippen molar-refractivity contribution in [2.75, 3.05) is 51.4 Å². The first kappa shape index (κ1) is 23.1. The van der Waals surface area contributed by atoms with Gasteiger partial charge in [0, 0.05) is 50.7 Å². The standard InChI is InChI=1S/C20H26FN5O2.HI/c1-27-13-14-28-19-16(3-2-8-23-19)15-24-20(22)26-11-9-25(10-12-26)18-6-4-17(21)5-7-18;/h2-8H,9-15H2,1H3,(H2,22,24);1H. The third kappa shape index (κ3) is 6.70. The van der Waals surface area contributed by atoms with Gasteiger partial charge in [0.15, 0.2) is 5.96 Å². The zero-order valence-corrected chi connectivity index (χ0v) is 18.8. The Morgan fingerprint density at radius 1 is 1.14 bits per heavy atom. The number of nitrogens with two attached hydrogens (primary N) is 1. The van der Waals surface area contributed by atoms with Crippen molar-refractivity contribution in [1.29, 1.82) is 0 Å². The summed E-state index contributed by atoms with van der Waals surface area (Å²) in [5.41, 5.74) is 8.10. The summed E-state index contributed by atoms with van der Waals surface area (Å²) in [4.78, 5) is 13.0. The van der Waals surface area contributed by atoms with Crippen LogP contribution in [-0.2, 0) is 11.3 Å². The molecule has 1 aliphatic heterocycles. The Hall–Kier alpha value is -2.14. The third-order valence-electron chi connectivity index (χ3n) is 4.58. The molecule has 1 aliphatic rings. The Kier molecular flexibility index (Phi) is 9.39. The van der Waals surface area contributed by atoms with Gasteiger partial charge in [-0.15, -0.1) is 24.0 Å². The number of pyridine rings is 1. The average molecular weight is 515 g/mol. The van der Waals surface area contributed by atoms with Crippen molar-refractivity contribution in [2.45, 2.75) is 6.54 Å². The number of nitrogens with zero attached hydrogens (tertiary/aromatic N) is 4. The van der Waals surface area contributed by atoms with Crippen LogP contribution in [0.15, 0.2) is 47.6 Å². The summed E-state index contributed by atoms with van der Waals surface area (Å²) in [6.07, 6.45) is 1.69. The normalized spacial score (nSPS) is 14.5. The van der Waals surface area contributed by atoms with Crippen molar-refractivity contribution in [1.82, 2.24) is 9.88 Å². The number of piperazine rings is 1. The van der Waals surface area contributed by atoms with Gasteiger partial charge in [0.1, 0.15) is 12.4 Å². The third-order valence-corrected chi connectivity index (χ3v) is 4.58. The highest BCUT2D eigenvalue weighted by Crippen LogP contribution is 2.18. The van der Waals surface area contributed by atoms with Crippen molar-refractivity contribution in [3.05, 3.63) is 54.0 Å². The van der Waals surface area contributed by atoms with E-state index < -0.39 is 0 Å². The van der Waals surface area contributed by atoms with Crippen molar-refractivity contribution in [2.24, 2.45) is 10.7 Å². The maximum Gasteiger partial charge on any atom is 0.218 e. The minimum atomic E-state index is -0.222. The van der Waals surface area contributed by atoms with Crippen molar-refractivity contribution < 1.29 is 13.9 Å². The number of ether oxygens (including phenoxy) is 2. The number of anilines is 1. The molecule has 158 valence electrons. The highest BCUT2D eigenvalue weighted by atomic mass is 127. The number of aliphatic imine (C=N–C) groups is 1. The number of methoxy groups -OCH3 is 1. The molecule has 0 bridgehead atoms. The second-order valence-electron chi connectivity index (χ2n) is 6.43. The topological polar surface area (TPSA) is 76.2 Å². The number of guanidine groups is 1. The molecule has 0 radical (unpaired) electrons. The van der Waals surface area contributed by atoms with Crippen LogP contribution in [-0.4, -0.2) is 62.3 Å². The van der Waals surface area contributed by atoms with Crippen LogP contribution < -0.4 is 15.4 Å². The highest BCUT2D eigenvalue weighted by molar-refractivity contribution is 14.0. The molecule has 2 N–H and O–H groups in total. The number of hydrogen-bond donors (Lipinski definition) is 1. The summed E-state index contributed by atoms with van der Waals surface area (Å²) in [6.45, 7) is 4.47. The van der Waals surface area contributed by atoms with E-state index in [0.717, 1.165) is 37.4 Å². The van der Waals surface area contributed by atoms with Gasteiger partial charge in [-0.25, -0.2) is 14.4 Å². The van der Waals surface area contributed by atoms with Crippen LogP contribution in [0.1, 0.15) is 5.56 Å². The lowest BCUT2D eigenvalue weighted by atomic mass is 10.2. The van der Waals surface area contributed by atoms with Gasteiger partial charge >= 0.3 is 0 Å². The molecule has 2 heterocycles. The summed E-state index contributed by atoms with van der Waals surface area (Å²) in [6, 6.07) is 10.4. The highest BCUT2D eigenvalue weighted by Gasteiger charge is 2.18. The van der Waals surface area contributed by atoms with Crippen molar-refractivity contribution >= 4 is 35.6 Å². The van der Waals surface area contributed by atoms with Gasteiger partial charge in [0.05, 0.1) is 13.2 Å². The van der Waals surface area contributed by atoms with E-state index in [1.165, 1.54) is 12.1 Å². The number of rotatable bonds is 7.